The molecule has 0 heterocycles. The first-order chi connectivity index (χ1) is 6.74. The van der Waals surface area contributed by atoms with Crippen molar-refractivity contribution in [3.8, 4) is 0 Å². The maximum Gasteiger partial charge on any atom is 0.235 e. The molecule has 3 N–H and O–H groups in total. The minimum Gasteiger partial charge on any atom is -0.368 e. The van der Waals surface area contributed by atoms with E-state index in [1.807, 2.05) is 30.3 Å². The fourth-order valence-electron chi connectivity index (χ4n) is 1.07. The number of nitrogens with one attached hydrogen (secondary N) is 1. The van der Waals surface area contributed by atoms with Gasteiger partial charge in [0.2, 0.25) is 5.91 Å². The van der Waals surface area contributed by atoms with Gasteiger partial charge in [-0.2, -0.15) is 0 Å². The molecule has 1 amide bonds. The highest BCUT2D eigenvalue weighted by molar-refractivity contribution is 9.09. The van der Waals surface area contributed by atoms with Crippen LogP contribution in [0.2, 0.25) is 0 Å². The topological polar surface area (TPSA) is 55.1 Å². The van der Waals surface area contributed by atoms with Crippen LogP contribution in [0.25, 0.3) is 0 Å². The van der Waals surface area contributed by atoms with E-state index in [2.05, 4.69) is 21.2 Å². The van der Waals surface area contributed by atoms with Crippen LogP contribution in [0.4, 0.5) is 0 Å². The van der Waals surface area contributed by atoms with Gasteiger partial charge in [-0.1, -0.05) is 46.3 Å². The maximum atomic E-state index is 10.9. The van der Waals surface area contributed by atoms with Crippen LogP contribution in [0.3, 0.4) is 0 Å². The summed E-state index contributed by atoms with van der Waals surface area (Å²) in [7, 11) is 0. The number of nitrogens with two attached hydrogens (primary N) is 1. The van der Waals surface area contributed by atoms with E-state index in [-0.39, 0.29) is 28.9 Å². The molecule has 0 fully saturated rings. The number of carbonyl (C=O) groups excluding carboxylic acids is 1. The molecule has 0 spiro atoms. The molecule has 84 valence electrons. The van der Waals surface area contributed by atoms with E-state index < -0.39 is 0 Å². The summed E-state index contributed by atoms with van der Waals surface area (Å²) in [5.41, 5.74) is 6.32. The van der Waals surface area contributed by atoms with Crippen molar-refractivity contribution >= 4 is 38.8 Å². The summed E-state index contributed by atoms with van der Waals surface area (Å²) in [5, 5.41) is 3.60. The van der Waals surface area contributed by atoms with Gasteiger partial charge in [0.25, 0.3) is 0 Å². The minimum absolute atomic E-state index is 0. The van der Waals surface area contributed by atoms with Gasteiger partial charge in [-0.25, -0.2) is 0 Å². The number of rotatable bonds is 5. The van der Waals surface area contributed by atoms with E-state index in [4.69, 9.17) is 5.73 Å². The monoisotopic (exact) mass is 336 g/mol. The number of halogens is 2. The van der Waals surface area contributed by atoms with Crippen LogP contribution in [0.15, 0.2) is 30.3 Å². The predicted molar refractivity (Wildman–Crippen MR) is 70.4 cm³/mol. The van der Waals surface area contributed by atoms with Crippen molar-refractivity contribution in [3.63, 3.8) is 0 Å². The lowest BCUT2D eigenvalue weighted by atomic mass is 10.2. The Morgan fingerprint density at radius 3 is 2.47 bits per heavy atom. The lowest BCUT2D eigenvalue weighted by Gasteiger charge is -2.11. The third-order valence-electron chi connectivity index (χ3n) is 1.89. The van der Waals surface area contributed by atoms with Crippen LogP contribution in [-0.4, -0.2) is 17.3 Å². The smallest absolute Gasteiger partial charge is 0.235 e. The number of amides is 1. The van der Waals surface area contributed by atoms with Crippen molar-refractivity contribution in [2.75, 3.05) is 5.33 Å². The molecule has 0 aliphatic rings. The SMILES string of the molecule is Br.NC(=O)C(CBr)NCc1ccccc1. The number of benzene rings is 1. The Labute approximate surface area is 108 Å². The molecule has 3 nitrogen and oxygen atoms in total. The average Bonchev–Trinajstić information content (AvgIpc) is 2.20. The first kappa shape index (κ1) is 14.6. The lowest BCUT2D eigenvalue weighted by molar-refractivity contribution is -0.119. The van der Waals surface area contributed by atoms with Gasteiger partial charge >= 0.3 is 0 Å². The molecule has 0 aliphatic carbocycles. The molecular weight excluding hydrogens is 324 g/mol. The zero-order chi connectivity index (χ0) is 10.4. The predicted octanol–water partition coefficient (Wildman–Crippen LogP) is 1.60. The highest BCUT2D eigenvalue weighted by Crippen LogP contribution is 1.99. The highest BCUT2D eigenvalue weighted by atomic mass is 79.9. The number of hydrogen-bond acceptors (Lipinski definition) is 2. The van der Waals surface area contributed by atoms with Crippen molar-refractivity contribution in [3.05, 3.63) is 35.9 Å². The summed E-state index contributed by atoms with van der Waals surface area (Å²) in [6.07, 6.45) is 0. The second-order valence-electron chi connectivity index (χ2n) is 2.98. The van der Waals surface area contributed by atoms with Crippen molar-refractivity contribution in [1.82, 2.24) is 5.32 Å². The first-order valence-electron chi connectivity index (χ1n) is 4.36. The summed E-state index contributed by atoms with van der Waals surface area (Å²) in [5.74, 6) is -0.335. The Hall–Kier alpha value is -0.390. The lowest BCUT2D eigenvalue weighted by Crippen LogP contribution is -2.42. The molecule has 1 aromatic carbocycles. The van der Waals surface area contributed by atoms with Crippen molar-refractivity contribution in [2.24, 2.45) is 5.73 Å². The summed E-state index contributed by atoms with van der Waals surface area (Å²) in [4.78, 5) is 10.9. The van der Waals surface area contributed by atoms with Crippen LogP contribution in [0.1, 0.15) is 5.56 Å². The zero-order valence-corrected chi connectivity index (χ0v) is 11.4. The summed E-state index contributed by atoms with van der Waals surface area (Å²) >= 11 is 3.23. The van der Waals surface area contributed by atoms with Gasteiger partial charge < -0.3 is 11.1 Å². The van der Waals surface area contributed by atoms with Gasteiger partial charge in [-0.05, 0) is 5.56 Å². The van der Waals surface area contributed by atoms with Crippen molar-refractivity contribution in [2.45, 2.75) is 12.6 Å². The van der Waals surface area contributed by atoms with Crippen LogP contribution >= 0.6 is 32.9 Å². The van der Waals surface area contributed by atoms with Crippen LogP contribution in [0.5, 0.6) is 0 Å². The second kappa shape index (κ2) is 7.84. The van der Waals surface area contributed by atoms with Crippen LogP contribution in [0, 0.1) is 0 Å². The van der Waals surface area contributed by atoms with Crippen LogP contribution in [-0.2, 0) is 11.3 Å². The standard InChI is InChI=1S/C10H13BrN2O.BrH/c11-6-9(10(12)14)13-7-8-4-2-1-3-5-8;/h1-5,9,13H,6-7H2,(H2,12,14);1H. The Kier molecular flexibility index (Phi) is 7.64. The van der Waals surface area contributed by atoms with E-state index in [9.17, 15) is 4.79 Å². The molecule has 0 bridgehead atoms. The molecule has 1 unspecified atom stereocenters. The Bertz CT molecular complexity index is 293. The molecule has 0 saturated carbocycles. The van der Waals surface area contributed by atoms with Gasteiger partial charge in [0, 0.05) is 11.9 Å². The fraction of sp³-hybridized carbons (Fsp3) is 0.300. The first-order valence-corrected chi connectivity index (χ1v) is 5.48. The van der Waals surface area contributed by atoms with Gasteiger partial charge in [0.1, 0.15) is 0 Å². The van der Waals surface area contributed by atoms with Gasteiger partial charge in [0.15, 0.2) is 0 Å². The molecule has 0 saturated heterocycles. The van der Waals surface area contributed by atoms with Crippen LogP contribution < -0.4 is 11.1 Å². The summed E-state index contributed by atoms with van der Waals surface area (Å²) in [6, 6.07) is 9.57. The normalized spacial score (nSPS) is 11.5. The van der Waals surface area contributed by atoms with Crippen molar-refractivity contribution in [1.29, 1.82) is 0 Å². The van der Waals surface area contributed by atoms with Gasteiger partial charge in [-0.15, -0.1) is 17.0 Å². The maximum absolute atomic E-state index is 10.9. The second-order valence-corrected chi connectivity index (χ2v) is 3.62. The molecule has 1 aromatic rings. The third-order valence-corrected chi connectivity index (χ3v) is 2.54. The molecule has 0 aromatic heterocycles. The van der Waals surface area contributed by atoms with Gasteiger partial charge in [0.05, 0.1) is 6.04 Å². The molecule has 5 heteroatoms. The van der Waals surface area contributed by atoms with Crippen molar-refractivity contribution < 1.29 is 4.79 Å². The molecule has 0 radical (unpaired) electrons. The summed E-state index contributed by atoms with van der Waals surface area (Å²) in [6.45, 7) is 0.653. The van der Waals surface area contributed by atoms with E-state index in [1.54, 1.807) is 0 Å². The largest absolute Gasteiger partial charge is 0.368 e. The number of carbonyl (C=O) groups is 1. The quantitative estimate of drug-likeness (QED) is 0.802. The zero-order valence-electron chi connectivity index (χ0n) is 8.15. The van der Waals surface area contributed by atoms with E-state index in [0.29, 0.717) is 11.9 Å². The van der Waals surface area contributed by atoms with E-state index in [0.717, 1.165) is 5.56 Å². The molecular formula is C10H14Br2N2O. The Morgan fingerprint density at radius 1 is 1.40 bits per heavy atom. The van der Waals surface area contributed by atoms with Gasteiger partial charge in [-0.3, -0.25) is 4.79 Å². The molecule has 0 aliphatic heterocycles. The van der Waals surface area contributed by atoms with E-state index in [1.165, 1.54) is 0 Å². The minimum atomic E-state index is -0.335. The number of primary amides is 1. The highest BCUT2D eigenvalue weighted by Gasteiger charge is 2.11. The molecule has 1 atom stereocenters. The average molecular weight is 338 g/mol. The molecule has 1 rings (SSSR count). The Balaban J connectivity index is 0.00000196. The fourth-order valence-corrected chi connectivity index (χ4v) is 1.62. The Morgan fingerprint density at radius 2 is 2.00 bits per heavy atom. The third kappa shape index (κ3) is 5.30. The number of hydrogen-bond donors (Lipinski definition) is 2. The summed E-state index contributed by atoms with van der Waals surface area (Å²) < 4.78 is 0. The number of alkyl halides is 1. The molecule has 15 heavy (non-hydrogen) atoms. The van der Waals surface area contributed by atoms with E-state index >= 15 is 0 Å².